The van der Waals surface area contributed by atoms with Gasteiger partial charge in [-0.3, -0.25) is 20.1 Å². The van der Waals surface area contributed by atoms with E-state index in [-0.39, 0.29) is 5.91 Å². The van der Waals surface area contributed by atoms with Crippen LogP contribution >= 0.6 is 11.3 Å². The van der Waals surface area contributed by atoms with Gasteiger partial charge in [0, 0.05) is 18.0 Å². The third-order valence-electron chi connectivity index (χ3n) is 2.39. The van der Waals surface area contributed by atoms with Gasteiger partial charge in [0.2, 0.25) is 10.3 Å². The Kier molecular flexibility index (Phi) is 2.76. The van der Waals surface area contributed by atoms with Crippen molar-refractivity contribution >= 4 is 38.5 Å². The van der Waals surface area contributed by atoms with E-state index < -0.39 is 0 Å². The number of carbonyl (C=O) groups excluding carboxylic acids is 1. The third kappa shape index (κ3) is 2.33. The fourth-order valence-electron chi connectivity index (χ4n) is 1.56. The van der Waals surface area contributed by atoms with E-state index >= 15 is 0 Å². The Morgan fingerprint density at radius 3 is 2.68 bits per heavy atom. The van der Waals surface area contributed by atoms with Crippen LogP contribution in [0.3, 0.4) is 0 Å². The van der Waals surface area contributed by atoms with Crippen molar-refractivity contribution in [2.45, 2.75) is 0 Å². The van der Waals surface area contributed by atoms with Crippen molar-refractivity contribution in [3.63, 3.8) is 0 Å². The van der Waals surface area contributed by atoms with Crippen LogP contribution < -0.4 is 11.1 Å². The van der Waals surface area contributed by atoms with Crippen LogP contribution in [0.4, 0.5) is 10.3 Å². The van der Waals surface area contributed by atoms with Crippen LogP contribution in [0.15, 0.2) is 30.6 Å². The van der Waals surface area contributed by atoms with E-state index in [4.69, 9.17) is 5.73 Å². The van der Waals surface area contributed by atoms with E-state index in [9.17, 15) is 4.79 Å². The fraction of sp³-hybridized carbons (Fsp3) is 0. The van der Waals surface area contributed by atoms with Crippen LogP contribution in [-0.2, 0) is 0 Å². The Hall–Kier alpha value is -2.61. The number of benzene rings is 1. The second kappa shape index (κ2) is 4.58. The predicted octanol–water partition coefficient (Wildman–Crippen LogP) is 1.32. The van der Waals surface area contributed by atoms with E-state index in [0.29, 0.717) is 21.3 Å². The molecule has 1 amide bonds. The number of fused-ring (bicyclic) bond motifs is 1. The molecule has 94 valence electrons. The van der Waals surface area contributed by atoms with Gasteiger partial charge in [-0.15, -0.1) is 10.2 Å². The summed E-state index contributed by atoms with van der Waals surface area (Å²) in [6.45, 7) is 0. The normalized spacial score (nSPS) is 10.5. The highest BCUT2D eigenvalue weighted by Crippen LogP contribution is 2.18. The Balaban J connectivity index is 1.89. The number of nitrogens with zero attached hydrogens (tertiary/aromatic N) is 4. The van der Waals surface area contributed by atoms with Crippen LogP contribution in [-0.4, -0.2) is 26.1 Å². The van der Waals surface area contributed by atoms with Crippen molar-refractivity contribution in [1.82, 2.24) is 20.2 Å². The average Bonchev–Trinajstić information content (AvgIpc) is 2.83. The van der Waals surface area contributed by atoms with Gasteiger partial charge in [0.05, 0.1) is 11.0 Å². The third-order valence-corrected chi connectivity index (χ3v) is 3.06. The molecule has 19 heavy (non-hydrogen) atoms. The first-order valence-corrected chi connectivity index (χ1v) is 6.15. The highest BCUT2D eigenvalue weighted by atomic mass is 32.1. The molecule has 0 radical (unpaired) electrons. The van der Waals surface area contributed by atoms with Gasteiger partial charge in [0.15, 0.2) is 0 Å². The van der Waals surface area contributed by atoms with Crippen molar-refractivity contribution in [2.24, 2.45) is 0 Å². The quantitative estimate of drug-likeness (QED) is 0.728. The molecule has 0 aliphatic heterocycles. The summed E-state index contributed by atoms with van der Waals surface area (Å²) < 4.78 is 0. The lowest BCUT2D eigenvalue weighted by Crippen LogP contribution is -2.11. The molecule has 7 nitrogen and oxygen atoms in total. The Morgan fingerprint density at radius 1 is 1.16 bits per heavy atom. The van der Waals surface area contributed by atoms with Crippen molar-refractivity contribution < 1.29 is 4.79 Å². The molecule has 0 atom stereocenters. The number of amides is 1. The lowest BCUT2D eigenvalue weighted by atomic mass is 10.2. The highest BCUT2D eigenvalue weighted by molar-refractivity contribution is 7.19. The van der Waals surface area contributed by atoms with Crippen LogP contribution in [0.5, 0.6) is 0 Å². The molecule has 0 unspecified atom stereocenters. The van der Waals surface area contributed by atoms with Gasteiger partial charge in [0.1, 0.15) is 0 Å². The maximum atomic E-state index is 12.0. The van der Waals surface area contributed by atoms with Crippen LogP contribution in [0.1, 0.15) is 10.4 Å². The van der Waals surface area contributed by atoms with Gasteiger partial charge in [-0.25, -0.2) is 0 Å². The number of carbonyl (C=O) groups is 1. The first kappa shape index (κ1) is 11.5. The molecular weight excluding hydrogens is 264 g/mol. The zero-order chi connectivity index (χ0) is 13.2. The second-order valence-corrected chi connectivity index (χ2v) is 4.67. The SMILES string of the molecule is Nc1nnc(NC(=O)c2ccc3nccnc3c2)s1. The van der Waals surface area contributed by atoms with E-state index in [1.165, 1.54) is 0 Å². The number of aromatic nitrogens is 4. The molecule has 0 aliphatic carbocycles. The lowest BCUT2D eigenvalue weighted by Gasteiger charge is -2.02. The molecule has 0 aliphatic rings. The van der Waals surface area contributed by atoms with Gasteiger partial charge in [0.25, 0.3) is 5.91 Å². The maximum absolute atomic E-state index is 12.0. The number of rotatable bonds is 2. The summed E-state index contributed by atoms with van der Waals surface area (Å²) >= 11 is 1.11. The summed E-state index contributed by atoms with van der Waals surface area (Å²) in [6, 6.07) is 5.09. The molecule has 8 heteroatoms. The van der Waals surface area contributed by atoms with Crippen LogP contribution in [0.25, 0.3) is 11.0 Å². The molecule has 3 N–H and O–H groups in total. The highest BCUT2D eigenvalue weighted by Gasteiger charge is 2.10. The molecule has 3 aromatic rings. The van der Waals surface area contributed by atoms with Gasteiger partial charge < -0.3 is 5.73 Å². The number of nitrogens with one attached hydrogen (secondary N) is 1. The first-order chi connectivity index (χ1) is 9.22. The van der Waals surface area contributed by atoms with Crippen molar-refractivity contribution in [3.05, 3.63) is 36.2 Å². The summed E-state index contributed by atoms with van der Waals surface area (Å²) in [7, 11) is 0. The number of hydrogen-bond donors (Lipinski definition) is 2. The predicted molar refractivity (Wildman–Crippen MR) is 71.8 cm³/mol. The van der Waals surface area contributed by atoms with Crippen LogP contribution in [0, 0.1) is 0 Å². The molecule has 0 saturated heterocycles. The average molecular weight is 272 g/mol. The number of nitrogen functional groups attached to an aromatic ring is 1. The van der Waals surface area contributed by atoms with Crippen molar-refractivity contribution in [2.75, 3.05) is 11.1 Å². The Bertz CT molecular complexity index is 756. The summed E-state index contributed by atoms with van der Waals surface area (Å²) in [6.07, 6.45) is 3.18. The van der Waals surface area contributed by atoms with E-state index in [1.54, 1.807) is 30.6 Å². The maximum Gasteiger partial charge on any atom is 0.257 e. The molecule has 1 aromatic carbocycles. The van der Waals surface area contributed by atoms with E-state index in [0.717, 1.165) is 16.9 Å². The summed E-state index contributed by atoms with van der Waals surface area (Å²) in [4.78, 5) is 20.3. The van der Waals surface area contributed by atoms with Gasteiger partial charge >= 0.3 is 0 Å². The van der Waals surface area contributed by atoms with E-state index in [1.807, 2.05) is 0 Å². The molecule has 3 rings (SSSR count). The standard InChI is InChI=1S/C11H8N6OS/c12-10-16-17-11(19-10)15-9(18)6-1-2-7-8(5-6)14-4-3-13-7/h1-5H,(H2,12,16)(H,15,17,18). The monoisotopic (exact) mass is 272 g/mol. The smallest absolute Gasteiger partial charge is 0.257 e. The van der Waals surface area contributed by atoms with E-state index in [2.05, 4.69) is 25.5 Å². The van der Waals surface area contributed by atoms with Gasteiger partial charge in [-0.05, 0) is 18.2 Å². The molecule has 2 aromatic heterocycles. The minimum atomic E-state index is -0.288. The van der Waals surface area contributed by atoms with Crippen molar-refractivity contribution in [3.8, 4) is 0 Å². The van der Waals surface area contributed by atoms with Crippen LogP contribution in [0.2, 0.25) is 0 Å². The largest absolute Gasteiger partial charge is 0.374 e. The number of anilines is 2. The second-order valence-electron chi connectivity index (χ2n) is 3.66. The minimum absolute atomic E-state index is 0.288. The number of nitrogens with two attached hydrogens (primary N) is 1. The topological polar surface area (TPSA) is 107 Å². The Labute approximate surface area is 111 Å². The zero-order valence-electron chi connectivity index (χ0n) is 9.57. The minimum Gasteiger partial charge on any atom is -0.374 e. The molecule has 0 bridgehead atoms. The van der Waals surface area contributed by atoms with Crippen molar-refractivity contribution in [1.29, 1.82) is 0 Å². The molecule has 2 heterocycles. The number of hydrogen-bond acceptors (Lipinski definition) is 7. The fourth-order valence-corrected chi connectivity index (χ4v) is 2.06. The summed E-state index contributed by atoms with van der Waals surface area (Å²) in [5.74, 6) is -0.288. The first-order valence-electron chi connectivity index (χ1n) is 5.33. The molecular formula is C11H8N6OS. The Morgan fingerprint density at radius 2 is 1.95 bits per heavy atom. The molecule has 0 saturated carbocycles. The molecule has 0 spiro atoms. The van der Waals surface area contributed by atoms with Gasteiger partial charge in [-0.2, -0.15) is 0 Å². The summed E-state index contributed by atoms with van der Waals surface area (Å²) in [5, 5.41) is 10.6. The lowest BCUT2D eigenvalue weighted by molar-refractivity contribution is 0.102. The van der Waals surface area contributed by atoms with Gasteiger partial charge in [-0.1, -0.05) is 11.3 Å². The zero-order valence-corrected chi connectivity index (χ0v) is 10.4. The summed E-state index contributed by atoms with van der Waals surface area (Å²) in [5.41, 5.74) is 7.31. The molecule has 0 fully saturated rings.